The number of hydrogen-bond donors (Lipinski definition) is 1. The summed E-state index contributed by atoms with van der Waals surface area (Å²) in [6.07, 6.45) is 0.705. The number of benzene rings is 1. The Hall–Kier alpha value is -0.755. The summed E-state index contributed by atoms with van der Waals surface area (Å²) in [5.74, 6) is 0. The fourth-order valence-corrected chi connectivity index (χ4v) is 1.05. The van der Waals surface area contributed by atoms with E-state index >= 15 is 0 Å². The normalized spacial score (nSPS) is 15.6. The molecule has 1 atom stereocenters. The lowest BCUT2D eigenvalue weighted by Crippen LogP contribution is -2.20. The van der Waals surface area contributed by atoms with Gasteiger partial charge >= 0.3 is 0 Å². The van der Waals surface area contributed by atoms with E-state index in [1.54, 1.807) is 19.1 Å². The average Bonchev–Trinajstić information content (AvgIpc) is 2.05. The molecule has 1 N–H and O–H groups in total. The summed E-state index contributed by atoms with van der Waals surface area (Å²) in [6.45, 7) is 3.76. The molecule has 0 saturated heterocycles. The molecule has 12 heavy (non-hydrogen) atoms. The van der Waals surface area contributed by atoms with E-state index < -0.39 is 5.60 Å². The molecule has 1 nitrogen and oxygen atoms in total. The molecule has 0 heterocycles. The van der Waals surface area contributed by atoms with Crippen molar-refractivity contribution in [3.8, 4) is 0 Å². The molecule has 62 valence electrons. The molecule has 0 aromatic heterocycles. The fraction of sp³-hybridized carbons (Fsp3) is 0.400. The molecule has 0 aliphatic rings. The van der Waals surface area contributed by atoms with Crippen LogP contribution in [0.5, 0.6) is 0 Å². The quantitative estimate of drug-likeness (QED) is 0.642. The van der Waals surface area contributed by atoms with Crippen LogP contribution in [0.15, 0.2) is 24.3 Å². The third kappa shape index (κ3) is 1.89. The maximum atomic E-state index is 9.84. The van der Waals surface area contributed by atoms with Crippen molar-refractivity contribution in [2.24, 2.45) is 0 Å². The van der Waals surface area contributed by atoms with Crippen LogP contribution in [0, 0.1) is 0 Å². The van der Waals surface area contributed by atoms with Crippen molar-refractivity contribution in [3.63, 3.8) is 0 Å². The minimum absolute atomic E-state index is 0.705. The Morgan fingerprint density at radius 3 is 2.25 bits per heavy atom. The standard InChI is InChI=1S/C10H13BO/c1-3-10(2,12)8-4-6-9(11)7-5-8/h4-7,12H,3H2,1-2H3. The van der Waals surface area contributed by atoms with Gasteiger partial charge in [0.25, 0.3) is 0 Å². The van der Waals surface area contributed by atoms with Crippen LogP contribution in [0.3, 0.4) is 0 Å². The van der Waals surface area contributed by atoms with E-state index in [0.29, 0.717) is 6.42 Å². The maximum Gasteiger partial charge on any atom is 0.113 e. The van der Waals surface area contributed by atoms with Crippen LogP contribution in [0.1, 0.15) is 25.8 Å². The highest BCUT2D eigenvalue weighted by Crippen LogP contribution is 2.22. The molecule has 1 unspecified atom stereocenters. The zero-order valence-electron chi connectivity index (χ0n) is 7.54. The van der Waals surface area contributed by atoms with Gasteiger partial charge in [-0.1, -0.05) is 36.7 Å². The van der Waals surface area contributed by atoms with Gasteiger partial charge in [0.1, 0.15) is 7.85 Å². The summed E-state index contributed by atoms with van der Waals surface area (Å²) < 4.78 is 0. The van der Waals surface area contributed by atoms with Gasteiger partial charge in [-0.15, -0.1) is 0 Å². The van der Waals surface area contributed by atoms with Crippen molar-refractivity contribution >= 4 is 13.3 Å². The fourth-order valence-electron chi connectivity index (χ4n) is 1.05. The zero-order chi connectivity index (χ0) is 9.19. The summed E-state index contributed by atoms with van der Waals surface area (Å²) in [6, 6.07) is 7.33. The van der Waals surface area contributed by atoms with E-state index in [0.717, 1.165) is 11.0 Å². The Labute approximate surface area is 74.8 Å². The Morgan fingerprint density at radius 1 is 1.33 bits per heavy atom. The van der Waals surface area contributed by atoms with Gasteiger partial charge in [-0.2, -0.15) is 0 Å². The largest absolute Gasteiger partial charge is 0.385 e. The van der Waals surface area contributed by atoms with Crippen LogP contribution in [0.4, 0.5) is 0 Å². The number of aliphatic hydroxyl groups is 1. The lowest BCUT2D eigenvalue weighted by Gasteiger charge is -2.21. The highest BCUT2D eigenvalue weighted by molar-refractivity contribution is 6.32. The molecule has 1 rings (SSSR count). The van der Waals surface area contributed by atoms with Gasteiger partial charge in [-0.25, -0.2) is 0 Å². The first-order valence-corrected chi connectivity index (χ1v) is 4.14. The van der Waals surface area contributed by atoms with Gasteiger partial charge in [0, 0.05) is 0 Å². The van der Waals surface area contributed by atoms with E-state index in [-0.39, 0.29) is 0 Å². The van der Waals surface area contributed by atoms with Crippen molar-refractivity contribution in [2.75, 3.05) is 0 Å². The molecule has 0 fully saturated rings. The zero-order valence-corrected chi connectivity index (χ0v) is 7.54. The Bertz CT molecular complexity index is 251. The Morgan fingerprint density at radius 2 is 1.83 bits per heavy atom. The van der Waals surface area contributed by atoms with Crippen LogP contribution in [-0.2, 0) is 5.60 Å². The predicted octanol–water partition coefficient (Wildman–Crippen LogP) is 1.10. The van der Waals surface area contributed by atoms with Crippen LogP contribution < -0.4 is 5.46 Å². The first-order chi connectivity index (χ1) is 5.56. The second kappa shape index (κ2) is 3.32. The number of hydrogen-bond acceptors (Lipinski definition) is 1. The third-order valence-corrected chi connectivity index (χ3v) is 2.22. The lowest BCUT2D eigenvalue weighted by atomic mass is 9.89. The molecule has 2 radical (unpaired) electrons. The summed E-state index contributed by atoms with van der Waals surface area (Å²) >= 11 is 0. The molecule has 2 heteroatoms. The van der Waals surface area contributed by atoms with E-state index in [4.69, 9.17) is 7.85 Å². The third-order valence-electron chi connectivity index (χ3n) is 2.22. The van der Waals surface area contributed by atoms with Gasteiger partial charge in [0.2, 0.25) is 0 Å². The molecule has 0 amide bonds. The SMILES string of the molecule is [B]c1ccc(C(C)(O)CC)cc1. The molecule has 0 bridgehead atoms. The summed E-state index contributed by atoms with van der Waals surface area (Å²) in [5, 5.41) is 9.84. The average molecular weight is 160 g/mol. The van der Waals surface area contributed by atoms with Gasteiger partial charge < -0.3 is 5.11 Å². The number of rotatable bonds is 2. The first-order valence-electron chi connectivity index (χ1n) is 4.14. The Balaban J connectivity index is 2.96. The van der Waals surface area contributed by atoms with Crippen LogP contribution in [-0.4, -0.2) is 13.0 Å². The van der Waals surface area contributed by atoms with Crippen LogP contribution >= 0.6 is 0 Å². The first kappa shape index (κ1) is 9.33. The highest BCUT2D eigenvalue weighted by atomic mass is 16.3. The van der Waals surface area contributed by atoms with Gasteiger partial charge in [-0.3, -0.25) is 0 Å². The van der Waals surface area contributed by atoms with Crippen molar-refractivity contribution in [1.82, 2.24) is 0 Å². The topological polar surface area (TPSA) is 20.2 Å². The monoisotopic (exact) mass is 160 g/mol. The predicted molar refractivity (Wildman–Crippen MR) is 51.7 cm³/mol. The second-order valence-electron chi connectivity index (χ2n) is 3.25. The van der Waals surface area contributed by atoms with E-state index in [1.165, 1.54) is 0 Å². The van der Waals surface area contributed by atoms with Gasteiger partial charge in [-0.05, 0) is 18.9 Å². The van der Waals surface area contributed by atoms with E-state index in [9.17, 15) is 5.11 Å². The van der Waals surface area contributed by atoms with Crippen LogP contribution in [0.25, 0.3) is 0 Å². The van der Waals surface area contributed by atoms with Gasteiger partial charge in [0.05, 0.1) is 5.60 Å². The lowest BCUT2D eigenvalue weighted by molar-refractivity contribution is 0.0531. The minimum Gasteiger partial charge on any atom is -0.385 e. The van der Waals surface area contributed by atoms with E-state index in [1.807, 2.05) is 19.1 Å². The second-order valence-corrected chi connectivity index (χ2v) is 3.25. The minimum atomic E-state index is -0.728. The summed E-state index contributed by atoms with van der Waals surface area (Å²) in [4.78, 5) is 0. The molecular formula is C10H13BO. The summed E-state index contributed by atoms with van der Waals surface area (Å²) in [5.41, 5.74) is 0.915. The molecule has 1 aromatic carbocycles. The molecule has 0 spiro atoms. The van der Waals surface area contributed by atoms with Gasteiger partial charge in [0.15, 0.2) is 0 Å². The van der Waals surface area contributed by atoms with Crippen molar-refractivity contribution in [1.29, 1.82) is 0 Å². The molecular weight excluding hydrogens is 147 g/mol. The molecule has 0 aliphatic carbocycles. The summed E-state index contributed by atoms with van der Waals surface area (Å²) in [7, 11) is 5.53. The molecule has 1 aromatic rings. The Kier molecular flexibility index (Phi) is 2.58. The molecule has 0 saturated carbocycles. The van der Waals surface area contributed by atoms with Crippen molar-refractivity contribution < 1.29 is 5.11 Å². The van der Waals surface area contributed by atoms with Crippen molar-refractivity contribution in [3.05, 3.63) is 29.8 Å². The van der Waals surface area contributed by atoms with Crippen LogP contribution in [0.2, 0.25) is 0 Å². The highest BCUT2D eigenvalue weighted by Gasteiger charge is 2.19. The van der Waals surface area contributed by atoms with E-state index in [2.05, 4.69) is 0 Å². The smallest absolute Gasteiger partial charge is 0.113 e. The molecule has 0 aliphatic heterocycles. The van der Waals surface area contributed by atoms with Crippen molar-refractivity contribution in [2.45, 2.75) is 25.9 Å². The maximum absolute atomic E-state index is 9.84.